The predicted octanol–water partition coefficient (Wildman–Crippen LogP) is 4.69. The largest absolute Gasteiger partial charge is 0.494 e. The highest BCUT2D eigenvalue weighted by atomic mass is 16.6. The molecule has 1 aliphatic heterocycles. The van der Waals surface area contributed by atoms with Crippen LogP contribution < -0.4 is 5.32 Å². The van der Waals surface area contributed by atoms with Gasteiger partial charge in [-0.25, -0.2) is 4.99 Å². The van der Waals surface area contributed by atoms with Crippen molar-refractivity contribution in [1.29, 1.82) is 0 Å². The third-order valence-electron chi connectivity index (χ3n) is 6.23. The lowest BCUT2D eigenvalue weighted by Gasteiger charge is -2.26. The van der Waals surface area contributed by atoms with E-state index in [4.69, 9.17) is 9.73 Å². The molecule has 9 heteroatoms. The Hall–Kier alpha value is -4.21. The molecule has 2 heterocycles. The van der Waals surface area contributed by atoms with Crippen LogP contribution >= 0.6 is 0 Å². The summed E-state index contributed by atoms with van der Waals surface area (Å²) < 4.78 is 5.39. The van der Waals surface area contributed by atoms with E-state index in [9.17, 15) is 15.2 Å². The van der Waals surface area contributed by atoms with E-state index in [0.717, 1.165) is 50.6 Å². The number of morpholine rings is 1. The Morgan fingerprint density at radius 3 is 2.56 bits per heavy atom. The smallest absolute Gasteiger partial charge is 0.270 e. The molecule has 3 N–H and O–H groups in total. The molecule has 0 spiro atoms. The summed E-state index contributed by atoms with van der Waals surface area (Å²) in [7, 11) is 0. The van der Waals surface area contributed by atoms with Crippen LogP contribution in [0.3, 0.4) is 0 Å². The van der Waals surface area contributed by atoms with E-state index in [1.165, 1.54) is 12.1 Å². The van der Waals surface area contributed by atoms with Crippen molar-refractivity contribution in [1.82, 2.24) is 9.88 Å². The number of hydrogen-bond donors (Lipinski definition) is 3. The first kappa shape index (κ1) is 23.5. The fourth-order valence-electron chi connectivity index (χ4n) is 4.35. The maximum absolute atomic E-state index is 11.4. The second-order valence-electron chi connectivity index (χ2n) is 8.59. The Kier molecular flexibility index (Phi) is 6.92. The first-order valence-corrected chi connectivity index (χ1v) is 11.9. The summed E-state index contributed by atoms with van der Waals surface area (Å²) >= 11 is 0. The Morgan fingerprint density at radius 2 is 1.83 bits per heavy atom. The summed E-state index contributed by atoms with van der Waals surface area (Å²) in [6.45, 7) is 5.28. The van der Waals surface area contributed by atoms with Crippen molar-refractivity contribution in [2.45, 2.75) is 0 Å². The average molecular weight is 486 g/mol. The van der Waals surface area contributed by atoms with Crippen molar-refractivity contribution in [2.24, 2.45) is 4.99 Å². The predicted molar refractivity (Wildman–Crippen MR) is 141 cm³/mol. The van der Waals surface area contributed by atoms with Gasteiger partial charge in [0.2, 0.25) is 0 Å². The molecule has 0 aliphatic carbocycles. The van der Waals surface area contributed by atoms with Crippen LogP contribution in [0.25, 0.3) is 10.9 Å². The summed E-state index contributed by atoms with van der Waals surface area (Å²) in [5.41, 5.74) is 3.97. The van der Waals surface area contributed by atoms with Crippen LogP contribution in [0.2, 0.25) is 0 Å². The fraction of sp³-hybridized carbons (Fsp3) is 0.222. The molecule has 1 aliphatic rings. The van der Waals surface area contributed by atoms with Gasteiger partial charge in [-0.15, -0.1) is 0 Å². The highest BCUT2D eigenvalue weighted by Crippen LogP contribution is 2.33. The maximum Gasteiger partial charge on any atom is 0.270 e. The number of H-pyrrole nitrogens is 1. The number of aromatic amines is 1. The van der Waals surface area contributed by atoms with E-state index in [-0.39, 0.29) is 11.6 Å². The van der Waals surface area contributed by atoms with E-state index >= 15 is 0 Å². The Balaban J connectivity index is 1.44. The van der Waals surface area contributed by atoms with Crippen molar-refractivity contribution in [3.05, 3.63) is 94.0 Å². The lowest BCUT2D eigenvalue weighted by atomic mass is 10.0. The highest BCUT2D eigenvalue weighted by Gasteiger charge is 2.21. The topological polar surface area (TPSA) is 116 Å². The number of benzene rings is 3. The zero-order valence-corrected chi connectivity index (χ0v) is 19.7. The van der Waals surface area contributed by atoms with Crippen LogP contribution in [0, 0.1) is 10.1 Å². The van der Waals surface area contributed by atoms with Crippen molar-refractivity contribution >= 4 is 33.7 Å². The number of nitro groups is 1. The number of ether oxygens (including phenoxy) is 1. The standard InChI is InChI=1S/C27H27N5O4/c33-27-25(23-18-22(32(34)35)10-11-24(23)30-27)26(19-4-2-1-3-5-19)29-21-8-6-20(7-9-21)28-12-13-31-14-16-36-17-15-31/h1-11,18,28,30,33H,12-17H2. The first-order chi connectivity index (χ1) is 17.6. The SMILES string of the molecule is O=[N+]([O-])c1ccc2[nH]c(O)c(C(=Nc3ccc(NCCN4CCOCC4)cc3)c3ccccc3)c2c1. The van der Waals surface area contributed by atoms with Gasteiger partial charge in [0, 0.05) is 60.5 Å². The highest BCUT2D eigenvalue weighted by molar-refractivity contribution is 6.22. The van der Waals surface area contributed by atoms with Gasteiger partial charge in [0.05, 0.1) is 35.1 Å². The minimum atomic E-state index is -0.447. The molecule has 9 nitrogen and oxygen atoms in total. The molecule has 5 rings (SSSR count). The Morgan fingerprint density at radius 1 is 1.08 bits per heavy atom. The van der Waals surface area contributed by atoms with E-state index in [1.54, 1.807) is 6.07 Å². The molecule has 4 aromatic rings. The van der Waals surface area contributed by atoms with Crippen molar-refractivity contribution in [3.8, 4) is 5.88 Å². The van der Waals surface area contributed by atoms with Gasteiger partial charge in [-0.3, -0.25) is 15.0 Å². The minimum absolute atomic E-state index is 0.0531. The zero-order valence-electron chi connectivity index (χ0n) is 19.7. The Labute approximate surface area is 208 Å². The van der Waals surface area contributed by atoms with Gasteiger partial charge in [0.1, 0.15) is 0 Å². The molecule has 184 valence electrons. The first-order valence-electron chi connectivity index (χ1n) is 11.9. The number of aromatic hydroxyl groups is 1. The molecule has 1 saturated heterocycles. The second kappa shape index (κ2) is 10.6. The van der Waals surface area contributed by atoms with Crippen molar-refractivity contribution in [3.63, 3.8) is 0 Å². The number of nitrogens with zero attached hydrogens (tertiary/aromatic N) is 3. The molecule has 3 aromatic carbocycles. The molecule has 1 fully saturated rings. The van der Waals surface area contributed by atoms with Gasteiger partial charge in [-0.2, -0.15) is 0 Å². The van der Waals surface area contributed by atoms with E-state index < -0.39 is 4.92 Å². The summed E-state index contributed by atoms with van der Waals surface area (Å²) in [5.74, 6) is -0.0884. The summed E-state index contributed by atoms with van der Waals surface area (Å²) in [4.78, 5) is 21.1. The summed E-state index contributed by atoms with van der Waals surface area (Å²) in [6, 6.07) is 21.7. The molecule has 0 unspecified atom stereocenters. The van der Waals surface area contributed by atoms with Crippen LogP contribution in [0.15, 0.2) is 77.8 Å². The lowest BCUT2D eigenvalue weighted by molar-refractivity contribution is -0.384. The van der Waals surface area contributed by atoms with Crippen LogP contribution in [0.1, 0.15) is 11.1 Å². The summed E-state index contributed by atoms with van der Waals surface area (Å²) in [6.07, 6.45) is 0. The van der Waals surface area contributed by atoms with E-state index in [1.807, 2.05) is 54.6 Å². The zero-order chi connectivity index (χ0) is 24.9. The average Bonchev–Trinajstić information content (AvgIpc) is 3.24. The Bertz CT molecular complexity index is 1380. The number of nitro benzene ring substituents is 1. The molecule has 0 atom stereocenters. The van der Waals surface area contributed by atoms with Crippen LogP contribution in [-0.4, -0.2) is 65.0 Å². The molecule has 0 amide bonds. The van der Waals surface area contributed by atoms with Gasteiger partial charge in [-0.05, 0) is 30.3 Å². The van der Waals surface area contributed by atoms with Gasteiger partial charge in [0.25, 0.3) is 5.69 Å². The number of non-ortho nitro benzene ring substituents is 1. The molecular weight excluding hydrogens is 458 g/mol. The molecule has 1 aromatic heterocycles. The van der Waals surface area contributed by atoms with Gasteiger partial charge < -0.3 is 20.1 Å². The van der Waals surface area contributed by atoms with Crippen LogP contribution in [-0.2, 0) is 4.74 Å². The van der Waals surface area contributed by atoms with E-state index in [2.05, 4.69) is 15.2 Å². The molecular formula is C27H27N5O4. The van der Waals surface area contributed by atoms with Crippen molar-refractivity contribution < 1.29 is 14.8 Å². The van der Waals surface area contributed by atoms with Crippen LogP contribution in [0.5, 0.6) is 5.88 Å². The number of fused-ring (bicyclic) bond motifs is 1. The number of hydrogen-bond acceptors (Lipinski definition) is 7. The van der Waals surface area contributed by atoms with Crippen LogP contribution in [0.4, 0.5) is 17.1 Å². The maximum atomic E-state index is 11.4. The van der Waals surface area contributed by atoms with Gasteiger partial charge in [-0.1, -0.05) is 30.3 Å². The number of aromatic nitrogens is 1. The third kappa shape index (κ3) is 5.22. The normalized spacial score (nSPS) is 14.7. The van der Waals surface area contributed by atoms with Crippen molar-refractivity contribution in [2.75, 3.05) is 44.7 Å². The van der Waals surface area contributed by atoms with Gasteiger partial charge >= 0.3 is 0 Å². The molecule has 0 radical (unpaired) electrons. The number of anilines is 1. The summed E-state index contributed by atoms with van der Waals surface area (Å²) in [5, 5.41) is 26.1. The molecule has 0 saturated carbocycles. The fourth-order valence-corrected chi connectivity index (χ4v) is 4.35. The minimum Gasteiger partial charge on any atom is -0.494 e. The third-order valence-corrected chi connectivity index (χ3v) is 6.23. The number of nitrogens with one attached hydrogen (secondary N) is 2. The quantitative estimate of drug-likeness (QED) is 0.189. The number of rotatable bonds is 8. The molecule has 36 heavy (non-hydrogen) atoms. The number of aliphatic imine (C=N–C) groups is 1. The second-order valence-corrected chi connectivity index (χ2v) is 8.59. The monoisotopic (exact) mass is 485 g/mol. The lowest BCUT2D eigenvalue weighted by Crippen LogP contribution is -2.38. The molecule has 0 bridgehead atoms. The van der Waals surface area contributed by atoms with E-state index in [0.29, 0.717) is 27.9 Å². The van der Waals surface area contributed by atoms with Gasteiger partial charge in [0.15, 0.2) is 5.88 Å².